The van der Waals surface area contributed by atoms with Crippen molar-refractivity contribution in [3.05, 3.63) is 51.8 Å². The first-order valence-electron chi connectivity index (χ1n) is 7.19. The van der Waals surface area contributed by atoms with Crippen molar-refractivity contribution < 1.29 is 0 Å². The Morgan fingerprint density at radius 1 is 1.35 bits per heavy atom. The number of nitrogens with one attached hydrogen (secondary N) is 1. The van der Waals surface area contributed by atoms with Crippen LogP contribution in [0, 0.1) is 4.64 Å². The van der Waals surface area contributed by atoms with E-state index in [1.54, 1.807) is 6.33 Å². The van der Waals surface area contributed by atoms with E-state index in [4.69, 9.17) is 12.2 Å². The Bertz CT molecular complexity index is 675. The maximum absolute atomic E-state index is 5.43. The summed E-state index contributed by atoms with van der Waals surface area (Å²) in [7, 11) is 0. The van der Waals surface area contributed by atoms with E-state index in [1.807, 2.05) is 12.3 Å². The maximum atomic E-state index is 5.43. The predicted octanol–water partition coefficient (Wildman–Crippen LogP) is 4.13. The highest BCUT2D eigenvalue weighted by molar-refractivity contribution is 7.71. The normalized spacial score (nSPS) is 18.1. The zero-order chi connectivity index (χ0) is 14.1. The SMILES string of the molecule is CC(C)c1c(C2CCCc3cccnc32)[nH]cnc1=S. The van der Waals surface area contributed by atoms with Crippen molar-refractivity contribution in [1.29, 1.82) is 0 Å². The molecule has 104 valence electrons. The molecule has 1 atom stereocenters. The molecule has 1 aliphatic rings. The molecule has 1 N–H and O–H groups in total. The monoisotopic (exact) mass is 285 g/mol. The Hall–Kier alpha value is -1.55. The standard InChI is InChI=1S/C16H19N3S/c1-10(2)13-15(18-9-19-16(13)20)12-7-3-5-11-6-4-8-17-14(11)12/h4,6,8-10,12H,3,5,7H2,1-2H3,(H,18,19,20). The third-order valence-corrected chi connectivity index (χ3v) is 4.37. The van der Waals surface area contributed by atoms with Gasteiger partial charge in [0, 0.05) is 23.4 Å². The Morgan fingerprint density at radius 2 is 2.20 bits per heavy atom. The summed E-state index contributed by atoms with van der Waals surface area (Å²) in [6.45, 7) is 4.35. The van der Waals surface area contributed by atoms with Gasteiger partial charge in [-0.15, -0.1) is 0 Å². The minimum atomic E-state index is 0.321. The van der Waals surface area contributed by atoms with E-state index in [9.17, 15) is 0 Å². The van der Waals surface area contributed by atoms with Crippen molar-refractivity contribution in [3.8, 4) is 0 Å². The van der Waals surface area contributed by atoms with Crippen LogP contribution >= 0.6 is 12.2 Å². The van der Waals surface area contributed by atoms with Crippen LogP contribution in [0.5, 0.6) is 0 Å². The number of H-pyrrole nitrogens is 1. The van der Waals surface area contributed by atoms with Gasteiger partial charge in [0.05, 0.1) is 12.0 Å². The Kier molecular flexibility index (Phi) is 3.66. The second-order valence-electron chi connectivity index (χ2n) is 5.68. The van der Waals surface area contributed by atoms with E-state index in [2.05, 4.69) is 34.9 Å². The van der Waals surface area contributed by atoms with Crippen LogP contribution < -0.4 is 0 Å². The van der Waals surface area contributed by atoms with Gasteiger partial charge in [0.2, 0.25) is 0 Å². The molecule has 0 amide bonds. The van der Waals surface area contributed by atoms with Crippen LogP contribution in [0.2, 0.25) is 0 Å². The maximum Gasteiger partial charge on any atom is 0.133 e. The molecule has 0 radical (unpaired) electrons. The first-order valence-corrected chi connectivity index (χ1v) is 7.60. The molecule has 4 heteroatoms. The van der Waals surface area contributed by atoms with Gasteiger partial charge in [-0.2, -0.15) is 0 Å². The highest BCUT2D eigenvalue weighted by Crippen LogP contribution is 2.37. The summed E-state index contributed by atoms with van der Waals surface area (Å²) in [5, 5.41) is 0. The lowest BCUT2D eigenvalue weighted by atomic mass is 9.82. The number of aryl methyl sites for hydroxylation is 1. The number of aromatic nitrogens is 3. The van der Waals surface area contributed by atoms with E-state index in [0.717, 1.165) is 17.5 Å². The molecule has 2 aromatic rings. The summed E-state index contributed by atoms with van der Waals surface area (Å²) in [5.41, 5.74) is 4.96. The lowest BCUT2D eigenvalue weighted by Gasteiger charge is -2.26. The van der Waals surface area contributed by atoms with E-state index in [1.165, 1.54) is 28.9 Å². The van der Waals surface area contributed by atoms with Crippen LogP contribution in [0.4, 0.5) is 0 Å². The van der Waals surface area contributed by atoms with Crippen LogP contribution in [-0.2, 0) is 6.42 Å². The Balaban J connectivity index is 2.16. The third kappa shape index (κ3) is 2.29. The molecule has 2 aromatic heterocycles. The molecule has 3 rings (SSSR count). The van der Waals surface area contributed by atoms with Gasteiger partial charge in [-0.25, -0.2) is 4.98 Å². The molecule has 2 heterocycles. The molecule has 0 aromatic carbocycles. The average molecular weight is 285 g/mol. The number of hydrogen-bond donors (Lipinski definition) is 1. The molecule has 0 saturated heterocycles. The molecular formula is C16H19N3S. The van der Waals surface area contributed by atoms with Crippen LogP contribution in [0.15, 0.2) is 24.7 Å². The van der Waals surface area contributed by atoms with Crippen molar-refractivity contribution in [1.82, 2.24) is 15.0 Å². The molecule has 1 unspecified atom stereocenters. The summed E-state index contributed by atoms with van der Waals surface area (Å²) in [4.78, 5) is 12.2. The summed E-state index contributed by atoms with van der Waals surface area (Å²) in [6.07, 6.45) is 7.06. The number of rotatable bonds is 2. The van der Waals surface area contributed by atoms with Gasteiger partial charge in [-0.1, -0.05) is 32.1 Å². The fourth-order valence-electron chi connectivity index (χ4n) is 3.16. The Morgan fingerprint density at radius 3 is 3.00 bits per heavy atom. The van der Waals surface area contributed by atoms with Crippen molar-refractivity contribution in [2.75, 3.05) is 0 Å². The molecular weight excluding hydrogens is 266 g/mol. The average Bonchev–Trinajstić information content (AvgIpc) is 2.46. The van der Waals surface area contributed by atoms with E-state index < -0.39 is 0 Å². The predicted molar refractivity (Wildman–Crippen MR) is 82.5 cm³/mol. The van der Waals surface area contributed by atoms with E-state index in [0.29, 0.717) is 11.8 Å². The molecule has 0 fully saturated rings. The quantitative estimate of drug-likeness (QED) is 0.844. The van der Waals surface area contributed by atoms with Crippen molar-refractivity contribution >= 4 is 12.2 Å². The summed E-state index contributed by atoms with van der Waals surface area (Å²) >= 11 is 5.43. The Labute approximate surface area is 124 Å². The van der Waals surface area contributed by atoms with Gasteiger partial charge < -0.3 is 4.98 Å². The second kappa shape index (κ2) is 5.44. The van der Waals surface area contributed by atoms with E-state index >= 15 is 0 Å². The zero-order valence-electron chi connectivity index (χ0n) is 11.9. The largest absolute Gasteiger partial charge is 0.349 e. The molecule has 1 aliphatic carbocycles. The van der Waals surface area contributed by atoms with Gasteiger partial charge in [0.25, 0.3) is 0 Å². The van der Waals surface area contributed by atoms with Crippen molar-refractivity contribution in [3.63, 3.8) is 0 Å². The zero-order valence-corrected chi connectivity index (χ0v) is 12.7. The van der Waals surface area contributed by atoms with Gasteiger partial charge >= 0.3 is 0 Å². The first kappa shape index (κ1) is 13.4. The first-order chi connectivity index (χ1) is 9.68. The topological polar surface area (TPSA) is 41.6 Å². The lowest BCUT2D eigenvalue weighted by Crippen LogP contribution is -2.17. The summed E-state index contributed by atoms with van der Waals surface area (Å²) in [6, 6.07) is 4.22. The third-order valence-electron chi connectivity index (χ3n) is 4.04. The highest BCUT2D eigenvalue weighted by atomic mass is 32.1. The summed E-state index contributed by atoms with van der Waals surface area (Å²) in [5.74, 6) is 0.693. The minimum Gasteiger partial charge on any atom is -0.349 e. The molecule has 0 aliphatic heterocycles. The number of pyridine rings is 1. The highest BCUT2D eigenvalue weighted by Gasteiger charge is 2.26. The summed E-state index contributed by atoms with van der Waals surface area (Å²) < 4.78 is 0.719. The fourth-order valence-corrected chi connectivity index (χ4v) is 3.56. The molecule has 0 spiro atoms. The van der Waals surface area contributed by atoms with Crippen LogP contribution in [0.1, 0.15) is 61.0 Å². The van der Waals surface area contributed by atoms with Crippen LogP contribution in [-0.4, -0.2) is 15.0 Å². The number of aromatic amines is 1. The fraction of sp³-hybridized carbons (Fsp3) is 0.438. The van der Waals surface area contributed by atoms with Crippen molar-refractivity contribution in [2.45, 2.75) is 44.9 Å². The van der Waals surface area contributed by atoms with Gasteiger partial charge in [0.15, 0.2) is 0 Å². The molecule has 0 bridgehead atoms. The molecule has 0 saturated carbocycles. The molecule has 20 heavy (non-hydrogen) atoms. The minimum absolute atomic E-state index is 0.321. The van der Waals surface area contributed by atoms with Crippen LogP contribution in [0.3, 0.4) is 0 Å². The smallest absolute Gasteiger partial charge is 0.133 e. The van der Waals surface area contributed by atoms with Gasteiger partial charge in [-0.05, 0) is 36.8 Å². The second-order valence-corrected chi connectivity index (χ2v) is 6.07. The van der Waals surface area contributed by atoms with Crippen molar-refractivity contribution in [2.24, 2.45) is 0 Å². The van der Waals surface area contributed by atoms with Gasteiger partial charge in [0.1, 0.15) is 4.64 Å². The van der Waals surface area contributed by atoms with Crippen LogP contribution in [0.25, 0.3) is 0 Å². The van der Waals surface area contributed by atoms with E-state index in [-0.39, 0.29) is 0 Å². The number of hydrogen-bond acceptors (Lipinski definition) is 3. The molecule has 3 nitrogen and oxygen atoms in total. The number of fused-ring (bicyclic) bond motifs is 1. The lowest BCUT2D eigenvalue weighted by molar-refractivity contribution is 0.577. The van der Waals surface area contributed by atoms with Gasteiger partial charge in [-0.3, -0.25) is 4.98 Å². The number of nitrogens with zero attached hydrogens (tertiary/aromatic N) is 2.